The number of rotatable bonds is 2. The highest BCUT2D eigenvalue weighted by atomic mass is 32.1. The van der Waals surface area contributed by atoms with Gasteiger partial charge in [0.2, 0.25) is 0 Å². The molecule has 2 rings (SSSR count). The number of thiazole rings is 1. The minimum atomic E-state index is 0.225. The van der Waals surface area contributed by atoms with Gasteiger partial charge in [0.25, 0.3) is 0 Å². The fourth-order valence-electron chi connectivity index (χ4n) is 1.87. The second kappa shape index (κ2) is 4.80. The van der Waals surface area contributed by atoms with Gasteiger partial charge in [-0.25, -0.2) is 4.98 Å². The van der Waals surface area contributed by atoms with Crippen LogP contribution in [0.4, 0.5) is 5.13 Å². The molecule has 5 nitrogen and oxygen atoms in total. The van der Waals surface area contributed by atoms with Crippen molar-refractivity contribution in [2.24, 2.45) is 5.16 Å². The lowest BCUT2D eigenvalue weighted by atomic mass is 10.2. The molecule has 1 fully saturated rings. The SMILES string of the molecule is CC1CN(c2ncc(/C=N\O)s2)CC(C)O1. The zero-order valence-electron chi connectivity index (χ0n) is 9.33. The molecule has 0 radical (unpaired) electrons. The molecule has 1 saturated heterocycles. The Morgan fingerprint density at radius 3 is 2.88 bits per heavy atom. The molecule has 0 bridgehead atoms. The smallest absolute Gasteiger partial charge is 0.186 e. The minimum absolute atomic E-state index is 0.225. The molecule has 16 heavy (non-hydrogen) atoms. The molecule has 1 N–H and O–H groups in total. The minimum Gasteiger partial charge on any atom is -0.411 e. The first kappa shape index (κ1) is 11.3. The predicted octanol–water partition coefficient (Wildman–Crippen LogP) is 1.56. The highest BCUT2D eigenvalue weighted by molar-refractivity contribution is 7.17. The Hall–Kier alpha value is -1.14. The zero-order chi connectivity index (χ0) is 11.5. The van der Waals surface area contributed by atoms with Crippen molar-refractivity contribution in [3.05, 3.63) is 11.1 Å². The van der Waals surface area contributed by atoms with E-state index >= 15 is 0 Å². The molecule has 6 heteroatoms. The van der Waals surface area contributed by atoms with Crippen molar-refractivity contribution in [3.63, 3.8) is 0 Å². The first-order valence-electron chi connectivity index (χ1n) is 5.22. The third kappa shape index (κ3) is 2.51. The number of oxime groups is 1. The molecule has 1 aliphatic rings. The topological polar surface area (TPSA) is 58.0 Å². The average molecular weight is 241 g/mol. The Labute approximate surface area is 98.4 Å². The van der Waals surface area contributed by atoms with Crippen LogP contribution in [0.15, 0.2) is 11.4 Å². The van der Waals surface area contributed by atoms with E-state index < -0.39 is 0 Å². The maximum Gasteiger partial charge on any atom is 0.186 e. The van der Waals surface area contributed by atoms with Crippen LogP contribution in [-0.2, 0) is 4.74 Å². The van der Waals surface area contributed by atoms with Crippen LogP contribution in [0.25, 0.3) is 0 Å². The van der Waals surface area contributed by atoms with E-state index in [-0.39, 0.29) is 12.2 Å². The predicted molar refractivity (Wildman–Crippen MR) is 63.7 cm³/mol. The van der Waals surface area contributed by atoms with Gasteiger partial charge in [-0.1, -0.05) is 16.5 Å². The van der Waals surface area contributed by atoms with Gasteiger partial charge in [0.1, 0.15) is 0 Å². The molecule has 1 aliphatic heterocycles. The van der Waals surface area contributed by atoms with Gasteiger partial charge in [-0.2, -0.15) is 0 Å². The number of aromatic nitrogens is 1. The van der Waals surface area contributed by atoms with Crippen LogP contribution >= 0.6 is 11.3 Å². The van der Waals surface area contributed by atoms with E-state index in [1.54, 1.807) is 6.20 Å². The summed E-state index contributed by atoms with van der Waals surface area (Å²) in [5.74, 6) is 0. The third-order valence-corrected chi connectivity index (χ3v) is 3.38. The summed E-state index contributed by atoms with van der Waals surface area (Å²) < 4.78 is 5.66. The Morgan fingerprint density at radius 2 is 2.25 bits per heavy atom. The summed E-state index contributed by atoms with van der Waals surface area (Å²) >= 11 is 1.52. The van der Waals surface area contributed by atoms with Crippen molar-refractivity contribution >= 4 is 22.7 Å². The van der Waals surface area contributed by atoms with Crippen LogP contribution < -0.4 is 4.90 Å². The van der Waals surface area contributed by atoms with Gasteiger partial charge in [0.15, 0.2) is 5.13 Å². The molecule has 2 atom stereocenters. The van der Waals surface area contributed by atoms with E-state index in [0.717, 1.165) is 23.1 Å². The van der Waals surface area contributed by atoms with Crippen LogP contribution in [0, 0.1) is 0 Å². The second-order valence-corrected chi connectivity index (χ2v) is 4.99. The van der Waals surface area contributed by atoms with Crippen LogP contribution in [-0.4, -0.2) is 41.7 Å². The summed E-state index contributed by atoms with van der Waals surface area (Å²) in [7, 11) is 0. The standard InChI is InChI=1S/C10H15N3O2S/c1-7-5-13(6-8(2)15-7)10-11-3-9(16-10)4-12-14/h3-4,7-8,14H,5-6H2,1-2H3/b12-4-. The Morgan fingerprint density at radius 1 is 1.56 bits per heavy atom. The monoisotopic (exact) mass is 241 g/mol. The molecule has 0 aliphatic carbocycles. The van der Waals surface area contributed by atoms with Gasteiger partial charge in [0.05, 0.1) is 23.3 Å². The number of morpholine rings is 1. The van der Waals surface area contributed by atoms with Gasteiger partial charge in [-0.3, -0.25) is 0 Å². The average Bonchev–Trinajstić information content (AvgIpc) is 2.65. The molecule has 2 unspecified atom stereocenters. The van der Waals surface area contributed by atoms with Crippen molar-refractivity contribution in [1.82, 2.24) is 4.98 Å². The first-order chi connectivity index (χ1) is 7.69. The largest absolute Gasteiger partial charge is 0.411 e. The van der Waals surface area contributed by atoms with E-state index in [1.807, 2.05) is 0 Å². The highest BCUT2D eigenvalue weighted by Crippen LogP contribution is 2.24. The molecule has 1 aromatic rings. The molecule has 0 amide bonds. The Balaban J connectivity index is 2.10. The molecular weight excluding hydrogens is 226 g/mol. The summed E-state index contributed by atoms with van der Waals surface area (Å²) in [6.45, 7) is 5.83. The fraction of sp³-hybridized carbons (Fsp3) is 0.600. The maximum absolute atomic E-state index is 8.44. The quantitative estimate of drug-likeness (QED) is 0.485. The zero-order valence-corrected chi connectivity index (χ0v) is 10.1. The first-order valence-corrected chi connectivity index (χ1v) is 6.04. The van der Waals surface area contributed by atoms with Crippen LogP contribution in [0.2, 0.25) is 0 Å². The van der Waals surface area contributed by atoms with E-state index in [1.165, 1.54) is 17.6 Å². The van der Waals surface area contributed by atoms with Crippen molar-refractivity contribution < 1.29 is 9.94 Å². The molecule has 0 saturated carbocycles. The Kier molecular flexibility index (Phi) is 3.40. The van der Waals surface area contributed by atoms with Crippen LogP contribution in [0.5, 0.6) is 0 Å². The Bertz CT molecular complexity index is 370. The molecule has 88 valence electrons. The summed E-state index contributed by atoms with van der Waals surface area (Å²) in [6, 6.07) is 0. The van der Waals surface area contributed by atoms with Crippen molar-refractivity contribution in [2.75, 3.05) is 18.0 Å². The lowest BCUT2D eigenvalue weighted by molar-refractivity contribution is -0.00522. The van der Waals surface area contributed by atoms with E-state index in [2.05, 4.69) is 28.9 Å². The van der Waals surface area contributed by atoms with Crippen molar-refractivity contribution in [3.8, 4) is 0 Å². The summed E-state index contributed by atoms with van der Waals surface area (Å²) in [6.07, 6.45) is 3.56. The summed E-state index contributed by atoms with van der Waals surface area (Å²) in [5.41, 5.74) is 0. The van der Waals surface area contributed by atoms with Gasteiger partial charge >= 0.3 is 0 Å². The maximum atomic E-state index is 8.44. The number of hydrogen-bond donors (Lipinski definition) is 1. The van der Waals surface area contributed by atoms with Gasteiger partial charge < -0.3 is 14.8 Å². The number of nitrogens with zero attached hydrogens (tertiary/aromatic N) is 3. The van der Waals surface area contributed by atoms with Gasteiger partial charge in [-0.15, -0.1) is 0 Å². The van der Waals surface area contributed by atoms with Crippen LogP contribution in [0.3, 0.4) is 0 Å². The van der Waals surface area contributed by atoms with Crippen molar-refractivity contribution in [1.29, 1.82) is 0 Å². The molecular formula is C10H15N3O2S. The van der Waals surface area contributed by atoms with Gasteiger partial charge in [-0.05, 0) is 13.8 Å². The number of anilines is 1. The molecule has 1 aromatic heterocycles. The number of hydrogen-bond acceptors (Lipinski definition) is 6. The van der Waals surface area contributed by atoms with Crippen molar-refractivity contribution in [2.45, 2.75) is 26.1 Å². The van der Waals surface area contributed by atoms with E-state index in [0.29, 0.717) is 0 Å². The molecule has 0 aromatic carbocycles. The summed E-state index contributed by atoms with van der Waals surface area (Å²) in [5, 5.41) is 12.4. The molecule has 0 spiro atoms. The van der Waals surface area contributed by atoms with Gasteiger partial charge in [0, 0.05) is 19.3 Å². The third-order valence-electron chi connectivity index (χ3n) is 2.39. The number of ether oxygens (including phenoxy) is 1. The lowest BCUT2D eigenvalue weighted by Crippen LogP contribution is -2.45. The lowest BCUT2D eigenvalue weighted by Gasteiger charge is -2.35. The van der Waals surface area contributed by atoms with E-state index in [4.69, 9.17) is 9.94 Å². The fourth-order valence-corrected chi connectivity index (χ4v) is 2.67. The summed E-state index contributed by atoms with van der Waals surface area (Å²) in [4.78, 5) is 7.37. The second-order valence-electron chi connectivity index (χ2n) is 3.95. The highest BCUT2D eigenvalue weighted by Gasteiger charge is 2.23. The normalized spacial score (nSPS) is 26.5. The van der Waals surface area contributed by atoms with Crippen LogP contribution in [0.1, 0.15) is 18.7 Å². The van der Waals surface area contributed by atoms with E-state index in [9.17, 15) is 0 Å². The molecule has 2 heterocycles.